The van der Waals surface area contributed by atoms with Gasteiger partial charge < -0.3 is 10.6 Å². The first kappa shape index (κ1) is 19.3. The third-order valence-electron chi connectivity index (χ3n) is 4.11. The Morgan fingerprint density at radius 3 is 2.04 bits per heavy atom. The van der Waals surface area contributed by atoms with Crippen molar-refractivity contribution in [3.8, 4) is 12.1 Å². The SMILES string of the molecule is N#Cc1c(F)c(F)c(C(C(=O)c2ccc(Cl)cc2)=C2NCCN2)c(C#N)c1F. The maximum atomic E-state index is 14.8. The lowest BCUT2D eigenvalue weighted by molar-refractivity contribution is 0.105. The third kappa shape index (κ3) is 3.15. The Balaban J connectivity index is 2.35. The van der Waals surface area contributed by atoms with Crippen molar-refractivity contribution < 1.29 is 18.0 Å². The number of nitrogens with zero attached hydrogens (tertiary/aromatic N) is 2. The molecule has 28 heavy (non-hydrogen) atoms. The van der Waals surface area contributed by atoms with Gasteiger partial charge in [-0.1, -0.05) is 11.6 Å². The molecule has 0 spiro atoms. The zero-order valence-corrected chi connectivity index (χ0v) is 14.8. The largest absolute Gasteiger partial charge is 0.370 e. The van der Waals surface area contributed by atoms with Crippen LogP contribution in [0.5, 0.6) is 0 Å². The molecule has 2 aromatic carbocycles. The maximum Gasteiger partial charge on any atom is 0.197 e. The van der Waals surface area contributed by atoms with Gasteiger partial charge in [0.1, 0.15) is 29.1 Å². The minimum absolute atomic E-state index is 0.0267. The van der Waals surface area contributed by atoms with Crippen molar-refractivity contribution in [1.29, 1.82) is 10.5 Å². The van der Waals surface area contributed by atoms with Gasteiger partial charge in [-0.3, -0.25) is 4.79 Å². The van der Waals surface area contributed by atoms with E-state index < -0.39 is 45.5 Å². The summed E-state index contributed by atoms with van der Waals surface area (Å²) in [5.41, 5.74) is -3.40. The van der Waals surface area contributed by atoms with Crippen LogP contribution in [0.4, 0.5) is 13.2 Å². The van der Waals surface area contributed by atoms with Crippen molar-refractivity contribution in [2.75, 3.05) is 13.1 Å². The van der Waals surface area contributed by atoms with Gasteiger partial charge in [0.2, 0.25) is 0 Å². The smallest absolute Gasteiger partial charge is 0.197 e. The lowest BCUT2D eigenvalue weighted by atomic mass is 9.91. The molecule has 2 N–H and O–H groups in total. The molecule has 0 bridgehead atoms. The van der Waals surface area contributed by atoms with E-state index in [1.165, 1.54) is 36.4 Å². The Morgan fingerprint density at radius 2 is 1.50 bits per heavy atom. The van der Waals surface area contributed by atoms with Crippen molar-refractivity contribution in [1.82, 2.24) is 10.6 Å². The molecule has 0 saturated carbocycles. The highest BCUT2D eigenvalue weighted by Gasteiger charge is 2.32. The predicted molar refractivity (Wildman–Crippen MR) is 94.5 cm³/mol. The molecular formula is C19H10ClF3N4O. The van der Waals surface area contributed by atoms with Gasteiger partial charge in [0.25, 0.3) is 0 Å². The molecule has 0 aliphatic carbocycles. The van der Waals surface area contributed by atoms with Crippen LogP contribution >= 0.6 is 11.6 Å². The number of halogens is 4. The summed E-state index contributed by atoms with van der Waals surface area (Å²) >= 11 is 5.81. The van der Waals surface area contributed by atoms with Crippen LogP contribution < -0.4 is 10.6 Å². The molecule has 140 valence electrons. The van der Waals surface area contributed by atoms with E-state index in [4.69, 9.17) is 16.9 Å². The first-order valence-corrected chi connectivity index (χ1v) is 8.31. The number of ketones is 1. The quantitative estimate of drug-likeness (QED) is 0.467. The first-order valence-electron chi connectivity index (χ1n) is 7.94. The molecule has 1 fully saturated rings. The summed E-state index contributed by atoms with van der Waals surface area (Å²) in [6.45, 7) is 0.745. The molecule has 5 nitrogen and oxygen atoms in total. The Morgan fingerprint density at radius 1 is 0.929 bits per heavy atom. The van der Waals surface area contributed by atoms with Gasteiger partial charge in [0.05, 0.1) is 5.57 Å². The number of hydrogen-bond donors (Lipinski definition) is 2. The fraction of sp³-hybridized carbons (Fsp3) is 0.105. The number of benzene rings is 2. The van der Waals surface area contributed by atoms with Crippen LogP contribution in [0.25, 0.3) is 5.57 Å². The fourth-order valence-electron chi connectivity index (χ4n) is 2.81. The van der Waals surface area contributed by atoms with Gasteiger partial charge in [-0.05, 0) is 24.3 Å². The number of allylic oxidation sites excluding steroid dienone is 1. The van der Waals surface area contributed by atoms with Crippen LogP contribution in [0.2, 0.25) is 5.02 Å². The van der Waals surface area contributed by atoms with E-state index >= 15 is 0 Å². The summed E-state index contributed by atoms with van der Waals surface area (Å²) in [4.78, 5) is 13.1. The van der Waals surface area contributed by atoms with E-state index in [0.29, 0.717) is 18.1 Å². The van der Waals surface area contributed by atoms with Crippen LogP contribution in [0.1, 0.15) is 27.0 Å². The molecule has 1 heterocycles. The van der Waals surface area contributed by atoms with Crippen LogP contribution in [-0.2, 0) is 0 Å². The Bertz CT molecular complexity index is 1090. The highest BCUT2D eigenvalue weighted by Crippen LogP contribution is 2.33. The molecule has 1 aliphatic heterocycles. The zero-order chi connectivity index (χ0) is 20.4. The molecule has 0 amide bonds. The summed E-state index contributed by atoms with van der Waals surface area (Å²) in [6, 6.07) is 8.20. The van der Waals surface area contributed by atoms with Crippen molar-refractivity contribution in [3.63, 3.8) is 0 Å². The monoisotopic (exact) mass is 402 g/mol. The van der Waals surface area contributed by atoms with E-state index in [9.17, 15) is 23.2 Å². The lowest BCUT2D eigenvalue weighted by Gasteiger charge is -2.15. The number of rotatable bonds is 3. The minimum Gasteiger partial charge on any atom is -0.370 e. The molecule has 3 rings (SSSR count). The minimum atomic E-state index is -1.77. The zero-order valence-electron chi connectivity index (χ0n) is 14.0. The topological polar surface area (TPSA) is 88.7 Å². The number of carbonyl (C=O) groups is 1. The molecule has 1 saturated heterocycles. The van der Waals surface area contributed by atoms with Gasteiger partial charge in [-0.25, -0.2) is 13.2 Å². The number of nitrogens with one attached hydrogen (secondary N) is 2. The lowest BCUT2D eigenvalue weighted by Crippen LogP contribution is -2.20. The van der Waals surface area contributed by atoms with Gasteiger partial charge in [0.15, 0.2) is 23.2 Å². The molecule has 2 aromatic rings. The van der Waals surface area contributed by atoms with Crippen molar-refractivity contribution in [2.45, 2.75) is 0 Å². The third-order valence-corrected chi connectivity index (χ3v) is 4.36. The van der Waals surface area contributed by atoms with Crippen molar-refractivity contribution >= 4 is 23.0 Å². The Hall–Kier alpha value is -3.49. The summed E-state index contributed by atoms with van der Waals surface area (Å²) < 4.78 is 43.6. The van der Waals surface area contributed by atoms with Crippen molar-refractivity contribution in [2.24, 2.45) is 0 Å². The number of Topliss-reactive ketones (excluding diaryl/α,β-unsaturated/α-hetero) is 1. The molecule has 1 aliphatic rings. The van der Waals surface area contributed by atoms with Crippen LogP contribution in [-0.4, -0.2) is 18.9 Å². The van der Waals surface area contributed by atoms with Gasteiger partial charge in [-0.15, -0.1) is 0 Å². The van der Waals surface area contributed by atoms with E-state index in [1.807, 2.05) is 0 Å². The second-order valence-corrected chi connectivity index (χ2v) is 6.17. The standard InChI is InChI=1S/C19H10ClF3N4O/c20-10-3-1-9(2-4-10)18(28)14(19-26-5-6-27-19)13-11(7-24)15(21)12(8-25)16(22)17(13)23/h1-4,26-27H,5-6H2. The fourth-order valence-corrected chi connectivity index (χ4v) is 2.94. The first-order chi connectivity index (χ1) is 13.4. The summed E-state index contributed by atoms with van der Waals surface area (Å²) in [5, 5.41) is 24.2. The molecule has 0 atom stereocenters. The maximum absolute atomic E-state index is 14.8. The highest BCUT2D eigenvalue weighted by atomic mass is 35.5. The van der Waals surface area contributed by atoms with E-state index in [0.717, 1.165) is 0 Å². The number of carbonyl (C=O) groups excluding carboxylic acids is 1. The van der Waals surface area contributed by atoms with Crippen LogP contribution in [0, 0.1) is 40.1 Å². The van der Waals surface area contributed by atoms with Crippen LogP contribution in [0.3, 0.4) is 0 Å². The Kier molecular flexibility index (Phi) is 5.25. The number of nitriles is 2. The second-order valence-electron chi connectivity index (χ2n) is 5.73. The molecule has 0 unspecified atom stereocenters. The Labute approximate surface area is 162 Å². The van der Waals surface area contributed by atoms with Crippen LogP contribution in [0.15, 0.2) is 30.1 Å². The van der Waals surface area contributed by atoms with Crippen molar-refractivity contribution in [3.05, 3.63) is 74.8 Å². The summed E-state index contributed by atoms with van der Waals surface area (Å²) in [7, 11) is 0. The molecular weight excluding hydrogens is 393 g/mol. The van der Waals surface area contributed by atoms with E-state index in [1.54, 1.807) is 0 Å². The predicted octanol–water partition coefficient (Wildman–Crippen LogP) is 3.24. The summed E-state index contributed by atoms with van der Waals surface area (Å²) in [5.74, 6) is -5.71. The second kappa shape index (κ2) is 7.63. The van der Waals surface area contributed by atoms with Gasteiger partial charge in [0, 0.05) is 29.2 Å². The molecule has 9 heteroatoms. The van der Waals surface area contributed by atoms with Gasteiger partial charge in [-0.2, -0.15) is 10.5 Å². The normalized spacial score (nSPS) is 12.6. The average Bonchev–Trinajstić information content (AvgIpc) is 3.21. The average molecular weight is 403 g/mol. The van der Waals surface area contributed by atoms with E-state index in [2.05, 4.69) is 10.6 Å². The van der Waals surface area contributed by atoms with E-state index in [-0.39, 0.29) is 11.4 Å². The highest BCUT2D eigenvalue weighted by molar-refractivity contribution is 6.32. The summed E-state index contributed by atoms with van der Waals surface area (Å²) in [6.07, 6.45) is 0. The molecule has 0 aromatic heterocycles. The van der Waals surface area contributed by atoms with Gasteiger partial charge >= 0.3 is 0 Å². The number of hydrogen-bond acceptors (Lipinski definition) is 5. The molecule has 0 radical (unpaired) electrons.